The highest BCUT2D eigenvalue weighted by atomic mass is 35.5. The third-order valence-corrected chi connectivity index (χ3v) is 1.56. The molecule has 0 aliphatic carbocycles. The lowest BCUT2D eigenvalue weighted by atomic mass is 10.0. The molecule has 0 aromatic carbocycles. The number of hydrogen-bond acceptors (Lipinski definition) is 2. The Morgan fingerprint density at radius 3 is 2.27 bits per heavy atom. The minimum absolute atomic E-state index is 0. The third-order valence-electron chi connectivity index (χ3n) is 1.56. The van der Waals surface area contributed by atoms with E-state index in [0.717, 1.165) is 0 Å². The minimum Gasteiger partial charge on any atom is -0.359 e. The first kappa shape index (κ1) is 13.3. The fourth-order valence-corrected chi connectivity index (χ4v) is 0.552. The van der Waals surface area contributed by atoms with Crippen LogP contribution in [0.5, 0.6) is 0 Å². The number of nitrogens with one attached hydrogen (secondary N) is 1. The first-order valence-corrected chi connectivity index (χ1v) is 3.54. The van der Waals surface area contributed by atoms with Crippen LogP contribution in [0.25, 0.3) is 0 Å². The molecule has 0 aromatic heterocycles. The largest absolute Gasteiger partial charge is 0.359 e. The topological polar surface area (TPSA) is 55.1 Å². The summed E-state index contributed by atoms with van der Waals surface area (Å²) in [6.45, 7) is 4.02. The third kappa shape index (κ3) is 6.13. The predicted octanol–water partition coefficient (Wildman–Crippen LogP) is 0.528. The molecule has 0 aliphatic heterocycles. The summed E-state index contributed by atoms with van der Waals surface area (Å²) in [5.74, 6) is 0.387. The van der Waals surface area contributed by atoms with Crippen molar-refractivity contribution in [1.29, 1.82) is 0 Å². The van der Waals surface area contributed by atoms with E-state index in [1.165, 1.54) is 0 Å². The van der Waals surface area contributed by atoms with Gasteiger partial charge in [0.1, 0.15) is 0 Å². The van der Waals surface area contributed by atoms with Gasteiger partial charge in [-0.25, -0.2) is 0 Å². The van der Waals surface area contributed by atoms with Crippen LogP contribution in [-0.2, 0) is 4.79 Å². The number of nitrogens with two attached hydrogens (primary N) is 1. The molecule has 0 radical (unpaired) electrons. The number of carbonyl (C=O) groups is 1. The van der Waals surface area contributed by atoms with Crippen molar-refractivity contribution in [1.82, 2.24) is 5.32 Å². The van der Waals surface area contributed by atoms with Gasteiger partial charge in [-0.05, 0) is 5.92 Å². The molecular formula is C7H17ClN2O. The van der Waals surface area contributed by atoms with Crippen LogP contribution in [0.4, 0.5) is 0 Å². The van der Waals surface area contributed by atoms with E-state index in [1.54, 1.807) is 7.05 Å². The Labute approximate surface area is 74.1 Å². The van der Waals surface area contributed by atoms with Gasteiger partial charge in [-0.1, -0.05) is 13.8 Å². The number of rotatable bonds is 3. The standard InChI is InChI=1S/C7H16N2O.ClH/c1-5(2)6(8)4-7(10)9-3;/h5-6H,4,8H2,1-3H3,(H,9,10);1H/t6-;/m1./s1. The van der Waals surface area contributed by atoms with Crippen LogP contribution in [0.3, 0.4) is 0 Å². The van der Waals surface area contributed by atoms with Gasteiger partial charge < -0.3 is 11.1 Å². The normalized spacial score (nSPS) is 12.1. The van der Waals surface area contributed by atoms with Crippen LogP contribution >= 0.6 is 12.4 Å². The van der Waals surface area contributed by atoms with Gasteiger partial charge in [-0.2, -0.15) is 0 Å². The molecule has 0 heterocycles. The Morgan fingerprint density at radius 1 is 1.55 bits per heavy atom. The molecule has 1 amide bonds. The lowest BCUT2D eigenvalue weighted by molar-refractivity contribution is -0.121. The second-order valence-corrected chi connectivity index (χ2v) is 2.79. The average molecular weight is 181 g/mol. The van der Waals surface area contributed by atoms with E-state index >= 15 is 0 Å². The lowest BCUT2D eigenvalue weighted by Gasteiger charge is -2.13. The van der Waals surface area contributed by atoms with E-state index in [2.05, 4.69) is 5.32 Å². The van der Waals surface area contributed by atoms with E-state index in [1.807, 2.05) is 13.8 Å². The Balaban J connectivity index is 0. The van der Waals surface area contributed by atoms with Crippen molar-refractivity contribution >= 4 is 18.3 Å². The molecule has 3 N–H and O–H groups in total. The summed E-state index contributed by atoms with van der Waals surface area (Å²) in [5, 5.41) is 2.53. The number of amides is 1. The zero-order chi connectivity index (χ0) is 8.15. The Hall–Kier alpha value is -0.280. The summed E-state index contributed by atoms with van der Waals surface area (Å²) in [7, 11) is 1.62. The van der Waals surface area contributed by atoms with Gasteiger partial charge in [-0.15, -0.1) is 12.4 Å². The van der Waals surface area contributed by atoms with Gasteiger partial charge in [0.2, 0.25) is 5.91 Å². The van der Waals surface area contributed by atoms with Crippen LogP contribution in [0.2, 0.25) is 0 Å². The molecule has 0 aliphatic rings. The zero-order valence-electron chi connectivity index (χ0n) is 7.26. The molecule has 1 atom stereocenters. The molecule has 0 rings (SSSR count). The van der Waals surface area contributed by atoms with E-state index < -0.39 is 0 Å². The molecule has 68 valence electrons. The smallest absolute Gasteiger partial charge is 0.221 e. The first-order valence-electron chi connectivity index (χ1n) is 3.54. The highest BCUT2D eigenvalue weighted by molar-refractivity contribution is 5.85. The fourth-order valence-electron chi connectivity index (χ4n) is 0.552. The summed E-state index contributed by atoms with van der Waals surface area (Å²) in [4.78, 5) is 10.7. The van der Waals surface area contributed by atoms with Crippen molar-refractivity contribution in [3.63, 3.8) is 0 Å². The van der Waals surface area contributed by atoms with Gasteiger partial charge in [0.05, 0.1) is 0 Å². The SMILES string of the molecule is CNC(=O)C[C@@H](N)C(C)C.Cl. The van der Waals surface area contributed by atoms with Crippen LogP contribution in [0, 0.1) is 5.92 Å². The zero-order valence-corrected chi connectivity index (χ0v) is 8.07. The van der Waals surface area contributed by atoms with Gasteiger partial charge in [0.25, 0.3) is 0 Å². The van der Waals surface area contributed by atoms with E-state index in [9.17, 15) is 4.79 Å². The molecule has 3 nitrogen and oxygen atoms in total. The van der Waals surface area contributed by atoms with Gasteiger partial charge in [-0.3, -0.25) is 4.79 Å². The van der Waals surface area contributed by atoms with Crippen molar-refractivity contribution in [2.24, 2.45) is 11.7 Å². The highest BCUT2D eigenvalue weighted by Gasteiger charge is 2.10. The first-order chi connectivity index (χ1) is 4.57. The summed E-state index contributed by atoms with van der Waals surface area (Å²) in [5.41, 5.74) is 5.63. The molecule has 0 saturated heterocycles. The van der Waals surface area contributed by atoms with E-state index in [4.69, 9.17) is 5.73 Å². The quantitative estimate of drug-likeness (QED) is 0.666. The Bertz CT molecular complexity index is 117. The lowest BCUT2D eigenvalue weighted by Crippen LogP contribution is -2.33. The van der Waals surface area contributed by atoms with Gasteiger partial charge in [0.15, 0.2) is 0 Å². The van der Waals surface area contributed by atoms with Crippen molar-refractivity contribution < 1.29 is 4.79 Å². The summed E-state index contributed by atoms with van der Waals surface area (Å²) in [6, 6.07) is -0.0139. The van der Waals surface area contributed by atoms with Crippen LogP contribution in [0.1, 0.15) is 20.3 Å². The number of hydrogen-bond donors (Lipinski definition) is 2. The minimum atomic E-state index is -0.0139. The van der Waals surface area contributed by atoms with Crippen LogP contribution in [0.15, 0.2) is 0 Å². The summed E-state index contributed by atoms with van der Waals surface area (Å²) >= 11 is 0. The molecule has 0 bridgehead atoms. The maximum absolute atomic E-state index is 10.7. The highest BCUT2D eigenvalue weighted by Crippen LogP contribution is 2.01. The molecule has 0 aromatic rings. The molecule has 0 unspecified atom stereocenters. The van der Waals surface area contributed by atoms with Crippen molar-refractivity contribution in [3.8, 4) is 0 Å². The van der Waals surface area contributed by atoms with Gasteiger partial charge >= 0.3 is 0 Å². The number of carbonyl (C=O) groups excluding carboxylic acids is 1. The van der Waals surface area contributed by atoms with Gasteiger partial charge in [0, 0.05) is 19.5 Å². The molecule has 0 spiro atoms. The van der Waals surface area contributed by atoms with Crippen molar-refractivity contribution in [3.05, 3.63) is 0 Å². The Kier molecular flexibility index (Phi) is 7.79. The average Bonchev–Trinajstić information content (AvgIpc) is 1.87. The summed E-state index contributed by atoms with van der Waals surface area (Å²) < 4.78 is 0. The molecule has 4 heteroatoms. The van der Waals surface area contributed by atoms with Crippen molar-refractivity contribution in [2.75, 3.05) is 7.05 Å². The predicted molar refractivity (Wildman–Crippen MR) is 48.7 cm³/mol. The second-order valence-electron chi connectivity index (χ2n) is 2.79. The Morgan fingerprint density at radius 2 is 2.00 bits per heavy atom. The molecular weight excluding hydrogens is 164 g/mol. The maximum Gasteiger partial charge on any atom is 0.221 e. The molecule has 11 heavy (non-hydrogen) atoms. The van der Waals surface area contributed by atoms with Crippen molar-refractivity contribution in [2.45, 2.75) is 26.3 Å². The molecule has 0 fully saturated rings. The summed E-state index contributed by atoms with van der Waals surface area (Å²) in [6.07, 6.45) is 0.425. The monoisotopic (exact) mass is 180 g/mol. The van der Waals surface area contributed by atoms with Crippen LogP contribution < -0.4 is 11.1 Å². The van der Waals surface area contributed by atoms with E-state index in [0.29, 0.717) is 12.3 Å². The second kappa shape index (κ2) is 6.43. The maximum atomic E-state index is 10.7. The molecule has 0 saturated carbocycles. The fraction of sp³-hybridized carbons (Fsp3) is 0.857. The van der Waals surface area contributed by atoms with Crippen LogP contribution in [-0.4, -0.2) is 19.0 Å². The van der Waals surface area contributed by atoms with E-state index in [-0.39, 0.29) is 24.4 Å². The number of halogens is 1.